The van der Waals surface area contributed by atoms with Crippen molar-refractivity contribution in [1.82, 2.24) is 4.98 Å². The molecule has 0 atom stereocenters. The Labute approximate surface area is 108 Å². The number of hydrogen-bond donors (Lipinski definition) is 1. The number of halogens is 1. The maximum atomic E-state index is 13.6. The fourth-order valence-corrected chi connectivity index (χ4v) is 2.81. The smallest absolute Gasteiger partial charge is 0.165 e. The van der Waals surface area contributed by atoms with Crippen molar-refractivity contribution < 1.29 is 9.13 Å². The number of rotatable bonds is 3. The summed E-state index contributed by atoms with van der Waals surface area (Å²) in [6, 6.07) is 4.85. The highest BCUT2D eigenvalue weighted by molar-refractivity contribution is 7.10. The highest BCUT2D eigenvalue weighted by Gasteiger charge is 2.42. The zero-order valence-corrected chi connectivity index (χ0v) is 10.8. The maximum absolute atomic E-state index is 13.6. The van der Waals surface area contributed by atoms with E-state index in [0.29, 0.717) is 0 Å². The van der Waals surface area contributed by atoms with Gasteiger partial charge in [-0.25, -0.2) is 9.37 Å². The summed E-state index contributed by atoms with van der Waals surface area (Å²) in [4.78, 5) is 4.50. The first kappa shape index (κ1) is 11.6. The quantitative estimate of drug-likeness (QED) is 0.927. The van der Waals surface area contributed by atoms with Crippen LogP contribution < -0.4 is 10.5 Å². The molecule has 0 bridgehead atoms. The van der Waals surface area contributed by atoms with Crippen LogP contribution in [0, 0.1) is 5.82 Å². The van der Waals surface area contributed by atoms with Gasteiger partial charge in [-0.2, -0.15) is 0 Å². The first-order chi connectivity index (χ1) is 8.62. The Bertz CT molecular complexity index is 592. The topological polar surface area (TPSA) is 48.1 Å². The van der Waals surface area contributed by atoms with Crippen LogP contribution in [0.1, 0.15) is 17.8 Å². The molecule has 0 unspecified atom stereocenters. The van der Waals surface area contributed by atoms with E-state index in [2.05, 4.69) is 4.98 Å². The molecule has 1 aliphatic carbocycles. The molecule has 2 N–H and O–H groups in total. The molecule has 5 heteroatoms. The van der Waals surface area contributed by atoms with Crippen LogP contribution in [-0.2, 0) is 5.54 Å². The number of nitrogens with two attached hydrogens (primary N) is 1. The standard InChI is InChI=1S/C13H13FN2OS/c1-17-11-3-2-8(6-9(11)14)10-7-18-12(16-10)13(15)4-5-13/h2-3,6-7H,4-5,15H2,1H3. The zero-order valence-electron chi connectivity index (χ0n) is 9.94. The average molecular weight is 264 g/mol. The van der Waals surface area contributed by atoms with Crippen LogP contribution in [0.5, 0.6) is 5.75 Å². The second kappa shape index (κ2) is 4.03. The molecular formula is C13H13FN2OS. The van der Waals surface area contributed by atoms with Crippen molar-refractivity contribution in [1.29, 1.82) is 0 Å². The van der Waals surface area contributed by atoms with E-state index >= 15 is 0 Å². The molecule has 18 heavy (non-hydrogen) atoms. The molecule has 1 aromatic carbocycles. The van der Waals surface area contributed by atoms with E-state index < -0.39 is 0 Å². The zero-order chi connectivity index (χ0) is 12.8. The van der Waals surface area contributed by atoms with E-state index in [0.717, 1.165) is 29.1 Å². The Morgan fingerprint density at radius 2 is 2.22 bits per heavy atom. The van der Waals surface area contributed by atoms with Crippen molar-refractivity contribution in [2.45, 2.75) is 18.4 Å². The fourth-order valence-electron chi connectivity index (χ4n) is 1.81. The number of thiazole rings is 1. The van der Waals surface area contributed by atoms with Crippen molar-refractivity contribution in [2.24, 2.45) is 5.73 Å². The van der Waals surface area contributed by atoms with E-state index in [9.17, 15) is 4.39 Å². The second-order valence-electron chi connectivity index (χ2n) is 4.54. The number of aromatic nitrogens is 1. The van der Waals surface area contributed by atoms with E-state index in [4.69, 9.17) is 10.5 Å². The largest absolute Gasteiger partial charge is 0.494 e. The van der Waals surface area contributed by atoms with Gasteiger partial charge in [0.1, 0.15) is 5.01 Å². The van der Waals surface area contributed by atoms with Crippen LogP contribution >= 0.6 is 11.3 Å². The highest BCUT2D eigenvalue weighted by atomic mass is 32.1. The molecule has 94 valence electrons. The molecule has 1 fully saturated rings. The van der Waals surface area contributed by atoms with Gasteiger partial charge in [0.15, 0.2) is 11.6 Å². The van der Waals surface area contributed by atoms with E-state index in [1.807, 2.05) is 5.38 Å². The van der Waals surface area contributed by atoms with Crippen LogP contribution in [0.2, 0.25) is 0 Å². The average Bonchev–Trinajstić information content (AvgIpc) is 2.94. The van der Waals surface area contributed by atoms with E-state index in [-0.39, 0.29) is 17.1 Å². The summed E-state index contributed by atoms with van der Waals surface area (Å²) in [5.41, 5.74) is 7.38. The molecule has 1 saturated carbocycles. The van der Waals surface area contributed by atoms with Gasteiger partial charge in [-0.15, -0.1) is 11.3 Å². The molecule has 2 aromatic rings. The SMILES string of the molecule is COc1ccc(-c2csc(C3(N)CC3)n2)cc1F. The van der Waals surface area contributed by atoms with Crippen molar-refractivity contribution in [2.75, 3.05) is 7.11 Å². The fraction of sp³-hybridized carbons (Fsp3) is 0.308. The van der Waals surface area contributed by atoms with Gasteiger partial charge in [0, 0.05) is 10.9 Å². The third kappa shape index (κ3) is 1.89. The summed E-state index contributed by atoms with van der Waals surface area (Å²) in [5.74, 6) is -0.134. The summed E-state index contributed by atoms with van der Waals surface area (Å²) in [6.45, 7) is 0. The molecule has 0 spiro atoms. The first-order valence-electron chi connectivity index (χ1n) is 5.71. The van der Waals surface area contributed by atoms with Crippen LogP contribution in [0.15, 0.2) is 23.6 Å². The lowest BCUT2D eigenvalue weighted by molar-refractivity contribution is 0.386. The minimum Gasteiger partial charge on any atom is -0.494 e. The minimum atomic E-state index is -0.376. The van der Waals surface area contributed by atoms with Gasteiger partial charge >= 0.3 is 0 Å². The summed E-state index contributed by atoms with van der Waals surface area (Å²) in [6.07, 6.45) is 1.97. The lowest BCUT2D eigenvalue weighted by Gasteiger charge is -2.04. The van der Waals surface area contributed by atoms with Gasteiger partial charge in [-0.1, -0.05) is 0 Å². The Balaban J connectivity index is 1.95. The van der Waals surface area contributed by atoms with Crippen LogP contribution in [0.4, 0.5) is 4.39 Å². The summed E-state index contributed by atoms with van der Waals surface area (Å²) in [7, 11) is 1.45. The van der Waals surface area contributed by atoms with E-state index in [1.165, 1.54) is 24.5 Å². The van der Waals surface area contributed by atoms with Gasteiger partial charge in [-0.3, -0.25) is 0 Å². The summed E-state index contributed by atoms with van der Waals surface area (Å²) in [5, 5.41) is 2.86. The molecule has 0 saturated heterocycles. The van der Waals surface area contributed by atoms with Crippen LogP contribution in [-0.4, -0.2) is 12.1 Å². The van der Waals surface area contributed by atoms with Crippen LogP contribution in [0.3, 0.4) is 0 Å². The predicted molar refractivity (Wildman–Crippen MR) is 69.2 cm³/mol. The minimum absolute atomic E-state index is 0.228. The van der Waals surface area contributed by atoms with Crippen molar-refractivity contribution >= 4 is 11.3 Å². The van der Waals surface area contributed by atoms with Gasteiger partial charge in [-0.05, 0) is 31.0 Å². The molecular weight excluding hydrogens is 251 g/mol. The van der Waals surface area contributed by atoms with E-state index in [1.54, 1.807) is 12.1 Å². The van der Waals surface area contributed by atoms with Crippen molar-refractivity contribution in [3.63, 3.8) is 0 Å². The Kier molecular flexibility index (Phi) is 2.60. The lowest BCUT2D eigenvalue weighted by atomic mass is 10.1. The molecule has 1 heterocycles. The van der Waals surface area contributed by atoms with Gasteiger partial charge in [0.05, 0.1) is 18.3 Å². The molecule has 1 aliphatic rings. The second-order valence-corrected chi connectivity index (χ2v) is 5.40. The normalized spacial score (nSPS) is 16.6. The van der Waals surface area contributed by atoms with Crippen molar-refractivity contribution in [3.8, 4) is 17.0 Å². The van der Waals surface area contributed by atoms with Gasteiger partial charge < -0.3 is 10.5 Å². The number of nitrogens with zero attached hydrogens (tertiary/aromatic N) is 1. The Morgan fingerprint density at radius 1 is 1.44 bits per heavy atom. The number of hydrogen-bond acceptors (Lipinski definition) is 4. The lowest BCUT2D eigenvalue weighted by Crippen LogP contribution is -2.18. The molecule has 0 amide bonds. The monoisotopic (exact) mass is 264 g/mol. The first-order valence-corrected chi connectivity index (χ1v) is 6.59. The third-order valence-electron chi connectivity index (χ3n) is 3.17. The number of ether oxygens (including phenoxy) is 1. The summed E-state index contributed by atoms with van der Waals surface area (Å²) >= 11 is 1.54. The highest BCUT2D eigenvalue weighted by Crippen LogP contribution is 2.44. The Morgan fingerprint density at radius 3 is 2.83 bits per heavy atom. The third-order valence-corrected chi connectivity index (χ3v) is 4.23. The Hall–Kier alpha value is -1.46. The molecule has 0 aliphatic heterocycles. The van der Waals surface area contributed by atoms with Gasteiger partial charge in [0.25, 0.3) is 0 Å². The predicted octanol–water partition coefficient (Wildman–Crippen LogP) is 2.91. The number of methoxy groups -OCH3 is 1. The molecule has 3 rings (SSSR count). The molecule has 1 aromatic heterocycles. The summed E-state index contributed by atoms with van der Waals surface area (Å²) < 4.78 is 18.5. The molecule has 0 radical (unpaired) electrons. The van der Waals surface area contributed by atoms with Crippen molar-refractivity contribution in [3.05, 3.63) is 34.4 Å². The van der Waals surface area contributed by atoms with Crippen LogP contribution in [0.25, 0.3) is 11.3 Å². The van der Waals surface area contributed by atoms with Gasteiger partial charge in [0.2, 0.25) is 0 Å². The number of benzene rings is 1. The maximum Gasteiger partial charge on any atom is 0.165 e. The molecule has 3 nitrogen and oxygen atoms in total.